The van der Waals surface area contributed by atoms with Crippen LogP contribution < -0.4 is 11.3 Å². The van der Waals surface area contributed by atoms with Crippen molar-refractivity contribution in [1.29, 1.82) is 0 Å². The van der Waals surface area contributed by atoms with Crippen molar-refractivity contribution in [2.45, 2.75) is 33.1 Å². The molecule has 0 saturated heterocycles. The van der Waals surface area contributed by atoms with E-state index >= 15 is 0 Å². The maximum atomic E-state index is 5.45. The molecule has 1 heterocycles. The zero-order chi connectivity index (χ0) is 12.0. The third-order valence-electron chi connectivity index (χ3n) is 2.50. The Hall–Kier alpha value is -1.20. The van der Waals surface area contributed by atoms with Gasteiger partial charge in [0.15, 0.2) is 0 Å². The summed E-state index contributed by atoms with van der Waals surface area (Å²) in [5.41, 5.74) is 4.72. The molecule has 90 valence electrons. The number of aryl methyl sites for hydroxylation is 2. The highest BCUT2D eigenvalue weighted by molar-refractivity contribution is 5.45. The van der Waals surface area contributed by atoms with Gasteiger partial charge in [-0.1, -0.05) is 6.92 Å². The minimum absolute atomic E-state index is 0.726. The van der Waals surface area contributed by atoms with Gasteiger partial charge in [-0.25, -0.2) is 15.8 Å². The van der Waals surface area contributed by atoms with Crippen molar-refractivity contribution >= 4 is 5.82 Å². The fraction of sp³-hybridized carbons (Fsp3) is 0.636. The molecule has 0 aliphatic rings. The first kappa shape index (κ1) is 12.9. The maximum absolute atomic E-state index is 5.45. The average Bonchev–Trinajstić information content (AvgIpc) is 2.28. The summed E-state index contributed by atoms with van der Waals surface area (Å²) in [5, 5.41) is 0. The van der Waals surface area contributed by atoms with Crippen LogP contribution in [0.1, 0.15) is 30.4 Å². The van der Waals surface area contributed by atoms with Gasteiger partial charge >= 0.3 is 0 Å². The average molecular weight is 224 g/mol. The number of rotatable bonds is 6. The molecule has 1 aromatic rings. The lowest BCUT2D eigenvalue weighted by Gasteiger charge is -2.11. The Kier molecular flexibility index (Phi) is 5.14. The van der Waals surface area contributed by atoms with Crippen molar-refractivity contribution in [3.8, 4) is 0 Å². The molecule has 0 bridgehead atoms. The molecule has 0 amide bonds. The first-order chi connectivity index (χ1) is 7.72. The van der Waals surface area contributed by atoms with Gasteiger partial charge in [0, 0.05) is 31.4 Å². The lowest BCUT2D eigenvalue weighted by Crippen LogP contribution is -2.14. The molecular formula is C11H20N4O. The zero-order valence-corrected chi connectivity index (χ0v) is 10.2. The Bertz CT molecular complexity index is 341. The fourth-order valence-electron chi connectivity index (χ4n) is 1.68. The number of nitrogens with one attached hydrogen (secondary N) is 1. The molecule has 5 nitrogen and oxygen atoms in total. The van der Waals surface area contributed by atoms with Gasteiger partial charge in [-0.3, -0.25) is 0 Å². The summed E-state index contributed by atoms with van der Waals surface area (Å²) in [6.45, 7) is 4.78. The molecule has 0 unspecified atom stereocenters. The highest BCUT2D eigenvalue weighted by Crippen LogP contribution is 2.16. The van der Waals surface area contributed by atoms with Gasteiger partial charge in [0.05, 0.1) is 0 Å². The van der Waals surface area contributed by atoms with Gasteiger partial charge < -0.3 is 10.2 Å². The van der Waals surface area contributed by atoms with Crippen LogP contribution in [0.25, 0.3) is 0 Å². The van der Waals surface area contributed by atoms with E-state index < -0.39 is 0 Å². The zero-order valence-electron chi connectivity index (χ0n) is 10.2. The third-order valence-corrected chi connectivity index (χ3v) is 2.50. The molecule has 1 rings (SSSR count). The molecule has 0 aliphatic heterocycles. The second kappa shape index (κ2) is 6.40. The van der Waals surface area contributed by atoms with Crippen molar-refractivity contribution in [1.82, 2.24) is 9.97 Å². The topological polar surface area (TPSA) is 73.1 Å². The fourth-order valence-corrected chi connectivity index (χ4v) is 1.68. The Balaban J connectivity index is 2.83. The number of hydrazine groups is 1. The number of anilines is 1. The quantitative estimate of drug-likeness (QED) is 0.431. The molecule has 0 aromatic carbocycles. The number of aromatic nitrogens is 2. The second-order valence-electron chi connectivity index (χ2n) is 3.65. The van der Waals surface area contributed by atoms with E-state index in [1.165, 1.54) is 0 Å². The summed E-state index contributed by atoms with van der Waals surface area (Å²) in [5.74, 6) is 7.01. The SMILES string of the molecule is CCc1c(C)nc(CCCOC)nc1NN. The molecule has 0 aliphatic carbocycles. The molecule has 0 radical (unpaired) electrons. The van der Waals surface area contributed by atoms with E-state index in [-0.39, 0.29) is 0 Å². The largest absolute Gasteiger partial charge is 0.385 e. The van der Waals surface area contributed by atoms with Gasteiger partial charge in [-0.15, -0.1) is 0 Å². The summed E-state index contributed by atoms with van der Waals surface area (Å²) >= 11 is 0. The van der Waals surface area contributed by atoms with E-state index in [0.717, 1.165) is 48.8 Å². The van der Waals surface area contributed by atoms with Crippen LogP contribution in [0.4, 0.5) is 5.82 Å². The predicted molar refractivity (Wildman–Crippen MR) is 64.2 cm³/mol. The number of nitrogens with zero attached hydrogens (tertiary/aromatic N) is 2. The van der Waals surface area contributed by atoms with E-state index in [1.807, 2.05) is 6.92 Å². The lowest BCUT2D eigenvalue weighted by molar-refractivity contribution is 0.194. The number of nitrogen functional groups attached to an aromatic ring is 1. The highest BCUT2D eigenvalue weighted by Gasteiger charge is 2.08. The van der Waals surface area contributed by atoms with Crippen LogP contribution >= 0.6 is 0 Å². The van der Waals surface area contributed by atoms with Crippen molar-refractivity contribution in [3.05, 3.63) is 17.1 Å². The van der Waals surface area contributed by atoms with Crippen molar-refractivity contribution in [2.24, 2.45) is 5.84 Å². The van der Waals surface area contributed by atoms with Crippen LogP contribution in [-0.4, -0.2) is 23.7 Å². The van der Waals surface area contributed by atoms with Gasteiger partial charge in [-0.2, -0.15) is 0 Å². The van der Waals surface area contributed by atoms with E-state index in [9.17, 15) is 0 Å². The Morgan fingerprint density at radius 3 is 2.69 bits per heavy atom. The normalized spacial score (nSPS) is 10.5. The summed E-state index contributed by atoms with van der Waals surface area (Å²) in [6.07, 6.45) is 2.61. The van der Waals surface area contributed by atoms with Gasteiger partial charge in [0.2, 0.25) is 0 Å². The minimum atomic E-state index is 0.726. The molecule has 5 heteroatoms. The molecule has 0 fully saturated rings. The first-order valence-corrected chi connectivity index (χ1v) is 5.54. The molecule has 0 spiro atoms. The summed E-state index contributed by atoms with van der Waals surface area (Å²) in [7, 11) is 1.69. The van der Waals surface area contributed by atoms with Crippen LogP contribution in [0.15, 0.2) is 0 Å². The van der Waals surface area contributed by atoms with Gasteiger partial charge in [-0.05, 0) is 19.8 Å². The number of hydrogen-bond donors (Lipinski definition) is 2. The van der Waals surface area contributed by atoms with Crippen LogP contribution in [-0.2, 0) is 17.6 Å². The van der Waals surface area contributed by atoms with Crippen molar-refractivity contribution < 1.29 is 4.74 Å². The molecule has 0 saturated carbocycles. The second-order valence-corrected chi connectivity index (χ2v) is 3.65. The van der Waals surface area contributed by atoms with Crippen LogP contribution in [0.3, 0.4) is 0 Å². The van der Waals surface area contributed by atoms with Crippen molar-refractivity contribution in [3.63, 3.8) is 0 Å². The molecule has 3 N–H and O–H groups in total. The minimum Gasteiger partial charge on any atom is -0.385 e. The Morgan fingerprint density at radius 2 is 2.12 bits per heavy atom. The van der Waals surface area contributed by atoms with E-state index in [4.69, 9.17) is 10.6 Å². The number of ether oxygens (including phenoxy) is 1. The number of methoxy groups -OCH3 is 1. The summed E-state index contributed by atoms with van der Waals surface area (Å²) in [6, 6.07) is 0. The summed E-state index contributed by atoms with van der Waals surface area (Å²) in [4.78, 5) is 8.85. The lowest BCUT2D eigenvalue weighted by atomic mass is 10.1. The van der Waals surface area contributed by atoms with Crippen LogP contribution in [0, 0.1) is 6.92 Å². The predicted octanol–water partition coefficient (Wildman–Crippen LogP) is 1.21. The van der Waals surface area contributed by atoms with E-state index in [0.29, 0.717) is 0 Å². The Morgan fingerprint density at radius 1 is 1.38 bits per heavy atom. The smallest absolute Gasteiger partial charge is 0.147 e. The molecule has 0 atom stereocenters. The molecule has 16 heavy (non-hydrogen) atoms. The highest BCUT2D eigenvalue weighted by atomic mass is 16.5. The standard InChI is InChI=1S/C11H20N4O/c1-4-9-8(2)13-10(6-5-7-16-3)14-11(9)15-12/h4-7,12H2,1-3H3,(H,13,14,15). The maximum Gasteiger partial charge on any atom is 0.147 e. The number of hydrogen-bond acceptors (Lipinski definition) is 5. The Labute approximate surface area is 96.4 Å². The van der Waals surface area contributed by atoms with Crippen LogP contribution in [0.5, 0.6) is 0 Å². The first-order valence-electron chi connectivity index (χ1n) is 5.54. The summed E-state index contributed by atoms with van der Waals surface area (Å²) < 4.78 is 5.00. The number of nitrogens with two attached hydrogens (primary N) is 1. The van der Waals surface area contributed by atoms with Gasteiger partial charge in [0.1, 0.15) is 11.6 Å². The monoisotopic (exact) mass is 224 g/mol. The third kappa shape index (κ3) is 3.15. The van der Waals surface area contributed by atoms with Gasteiger partial charge in [0.25, 0.3) is 0 Å². The molecule has 1 aromatic heterocycles. The van der Waals surface area contributed by atoms with E-state index in [2.05, 4.69) is 22.3 Å². The molecular weight excluding hydrogens is 204 g/mol. The van der Waals surface area contributed by atoms with E-state index in [1.54, 1.807) is 7.11 Å². The van der Waals surface area contributed by atoms with Crippen molar-refractivity contribution in [2.75, 3.05) is 19.1 Å². The van der Waals surface area contributed by atoms with Crippen LogP contribution in [0.2, 0.25) is 0 Å².